The Morgan fingerprint density at radius 2 is 1.26 bits per heavy atom. The second-order valence-corrected chi connectivity index (χ2v) is 10.2. The van der Waals surface area contributed by atoms with Gasteiger partial charge >= 0.3 is 114 Å². The Morgan fingerprint density at radius 3 is 1.94 bits per heavy atom. The minimum atomic E-state index is 1.12. The molecule has 0 aromatic heterocycles. The van der Waals surface area contributed by atoms with Crippen LogP contribution in [0.15, 0.2) is 108 Å². The van der Waals surface area contributed by atoms with Gasteiger partial charge in [-0.25, -0.2) is 0 Å². The molecule has 8 rings (SSSR count). The molecular formula is C33H24NZr. The molecule has 1 aliphatic heterocycles. The maximum absolute atomic E-state index is 4.73. The SMILES string of the molecule is C1=Cc2ccccc2C1.C1=Cc2ccccc2C1.[Zr][c]1cccc2c1C1=c3ccccc3=CC1=N2. The van der Waals surface area contributed by atoms with E-state index in [4.69, 9.17) is 4.99 Å². The first-order chi connectivity index (χ1) is 17.3. The van der Waals surface area contributed by atoms with Crippen LogP contribution in [0.4, 0.5) is 5.69 Å². The zero-order chi connectivity index (χ0) is 23.6. The molecule has 35 heavy (non-hydrogen) atoms. The summed E-state index contributed by atoms with van der Waals surface area (Å²) < 4.78 is 1.40. The second kappa shape index (κ2) is 9.72. The van der Waals surface area contributed by atoms with Crippen molar-refractivity contribution in [2.75, 3.05) is 0 Å². The molecule has 0 spiro atoms. The fraction of sp³-hybridized carbons (Fsp3) is 0.0606. The normalized spacial score (nSPS) is 14.3. The van der Waals surface area contributed by atoms with E-state index in [0.717, 1.165) is 24.2 Å². The molecule has 0 fully saturated rings. The van der Waals surface area contributed by atoms with Crippen molar-refractivity contribution in [1.82, 2.24) is 0 Å². The van der Waals surface area contributed by atoms with Crippen molar-refractivity contribution < 1.29 is 24.7 Å². The summed E-state index contributed by atoms with van der Waals surface area (Å²) in [5.41, 5.74) is 10.6. The van der Waals surface area contributed by atoms with Crippen molar-refractivity contribution in [3.8, 4) is 0 Å². The number of hydrogen-bond donors (Lipinski definition) is 0. The summed E-state index contributed by atoms with van der Waals surface area (Å²) in [5.74, 6) is 0. The Labute approximate surface area is 221 Å². The van der Waals surface area contributed by atoms with Gasteiger partial charge in [-0.2, -0.15) is 0 Å². The van der Waals surface area contributed by atoms with Crippen LogP contribution in [0.25, 0.3) is 23.8 Å². The summed E-state index contributed by atoms with van der Waals surface area (Å²) in [5, 5.41) is 2.63. The molecule has 4 aromatic carbocycles. The molecular weight excluding hydrogens is 502 g/mol. The van der Waals surface area contributed by atoms with Crippen LogP contribution in [-0.2, 0) is 37.6 Å². The van der Waals surface area contributed by atoms with E-state index >= 15 is 0 Å². The summed E-state index contributed by atoms with van der Waals surface area (Å²) in [6, 6.07) is 31.9. The molecule has 0 unspecified atom stereocenters. The van der Waals surface area contributed by atoms with E-state index in [1.165, 1.54) is 71.8 Å². The molecule has 0 radical (unpaired) electrons. The van der Waals surface area contributed by atoms with Crippen LogP contribution in [0, 0.1) is 0 Å². The fourth-order valence-electron chi connectivity index (χ4n) is 4.98. The molecule has 0 saturated heterocycles. The van der Waals surface area contributed by atoms with E-state index in [0.29, 0.717) is 0 Å². The van der Waals surface area contributed by atoms with Gasteiger partial charge in [0.1, 0.15) is 0 Å². The fourth-order valence-corrected chi connectivity index (χ4v) is 5.83. The number of rotatable bonds is 0. The number of fused-ring (bicyclic) bond motifs is 6. The Bertz CT molecular complexity index is 1600. The topological polar surface area (TPSA) is 12.4 Å². The average molecular weight is 526 g/mol. The van der Waals surface area contributed by atoms with E-state index in [-0.39, 0.29) is 0 Å². The molecule has 1 heterocycles. The summed E-state index contributed by atoms with van der Waals surface area (Å²) >= 11 is 1.45. The first-order valence-electron chi connectivity index (χ1n) is 12.0. The Balaban J connectivity index is 0.000000107. The van der Waals surface area contributed by atoms with E-state index in [1.807, 2.05) is 0 Å². The summed E-state index contributed by atoms with van der Waals surface area (Å²) in [6.45, 7) is 0. The average Bonchev–Trinajstić information content (AvgIpc) is 3.67. The van der Waals surface area contributed by atoms with Crippen LogP contribution in [0.5, 0.6) is 0 Å². The molecule has 0 amide bonds. The van der Waals surface area contributed by atoms with Gasteiger partial charge in [0.25, 0.3) is 0 Å². The first kappa shape index (κ1) is 22.1. The first-order valence-corrected chi connectivity index (χ1v) is 13.2. The monoisotopic (exact) mass is 524 g/mol. The molecule has 2 heteroatoms. The van der Waals surface area contributed by atoms with Gasteiger partial charge < -0.3 is 0 Å². The van der Waals surface area contributed by atoms with Gasteiger partial charge in [0.15, 0.2) is 0 Å². The Kier molecular flexibility index (Phi) is 6.15. The van der Waals surface area contributed by atoms with E-state index in [2.05, 4.69) is 121 Å². The third-order valence-electron chi connectivity index (χ3n) is 6.69. The van der Waals surface area contributed by atoms with E-state index < -0.39 is 0 Å². The van der Waals surface area contributed by atoms with E-state index in [9.17, 15) is 0 Å². The molecule has 1 nitrogen and oxygen atoms in total. The van der Waals surface area contributed by atoms with Gasteiger partial charge in [-0.05, 0) is 35.1 Å². The summed E-state index contributed by atoms with van der Waals surface area (Å²) in [7, 11) is 0. The molecule has 0 saturated carbocycles. The number of benzene rings is 4. The van der Waals surface area contributed by atoms with E-state index in [1.54, 1.807) is 0 Å². The molecule has 4 aromatic rings. The van der Waals surface area contributed by atoms with Crippen molar-refractivity contribution in [3.05, 3.63) is 141 Å². The van der Waals surface area contributed by atoms with Gasteiger partial charge in [-0.15, -0.1) is 0 Å². The number of allylic oxidation sites excluding steroid dienone is 2. The maximum atomic E-state index is 4.73. The molecule has 165 valence electrons. The molecule has 4 aliphatic rings. The van der Waals surface area contributed by atoms with Crippen molar-refractivity contribution in [2.24, 2.45) is 4.99 Å². The Hall–Kier alpha value is -3.35. The van der Waals surface area contributed by atoms with Crippen LogP contribution in [0.1, 0.15) is 27.8 Å². The van der Waals surface area contributed by atoms with Gasteiger partial charge in [0.2, 0.25) is 0 Å². The zero-order valence-electron chi connectivity index (χ0n) is 19.4. The number of aliphatic imine (C=N–C) groups is 1. The number of hydrogen-bond acceptors (Lipinski definition) is 1. The van der Waals surface area contributed by atoms with Crippen LogP contribution >= 0.6 is 0 Å². The molecule has 0 atom stereocenters. The van der Waals surface area contributed by atoms with Crippen molar-refractivity contribution in [3.63, 3.8) is 0 Å². The minimum absolute atomic E-state index is 1.12. The Morgan fingerprint density at radius 1 is 0.629 bits per heavy atom. The van der Waals surface area contributed by atoms with Crippen LogP contribution in [0.2, 0.25) is 0 Å². The quantitative estimate of drug-likeness (QED) is 0.290. The van der Waals surface area contributed by atoms with Gasteiger partial charge in [0.05, 0.1) is 0 Å². The predicted molar refractivity (Wildman–Crippen MR) is 144 cm³/mol. The van der Waals surface area contributed by atoms with Gasteiger partial charge in [0, 0.05) is 0 Å². The number of nitrogens with zero attached hydrogens (tertiary/aromatic N) is 1. The van der Waals surface area contributed by atoms with Crippen LogP contribution < -0.4 is 13.7 Å². The predicted octanol–water partition coefficient (Wildman–Crippen LogP) is 5.45. The second-order valence-electron chi connectivity index (χ2n) is 8.91. The van der Waals surface area contributed by atoms with Crippen molar-refractivity contribution in [1.29, 1.82) is 0 Å². The summed E-state index contributed by atoms with van der Waals surface area (Å²) in [6.07, 6.45) is 13.2. The molecule has 3 aliphatic carbocycles. The van der Waals surface area contributed by atoms with Crippen LogP contribution in [-0.4, -0.2) is 5.71 Å². The van der Waals surface area contributed by atoms with Crippen molar-refractivity contribution in [2.45, 2.75) is 12.8 Å². The van der Waals surface area contributed by atoms with Crippen molar-refractivity contribution >= 4 is 38.5 Å². The third-order valence-corrected chi connectivity index (χ3v) is 7.72. The van der Waals surface area contributed by atoms with Gasteiger partial charge in [-0.1, -0.05) is 72.8 Å². The zero-order valence-corrected chi connectivity index (χ0v) is 21.9. The standard InChI is InChI=1S/C15H8N.2C9H8.Zr/c1-2-6-11-10(5-1)9-14-15(11)12-7-3-4-8-13(12)16-14;2*1-2-5-9-7-3-6-8(9)4-1;/h1-6,8-9H;2*1-6H,7H2;. The van der Waals surface area contributed by atoms with Crippen LogP contribution in [0.3, 0.4) is 0 Å². The van der Waals surface area contributed by atoms with Gasteiger partial charge in [-0.3, -0.25) is 0 Å². The summed E-state index contributed by atoms with van der Waals surface area (Å²) in [4.78, 5) is 4.73. The third kappa shape index (κ3) is 4.40. The molecule has 0 bridgehead atoms. The molecule has 0 N–H and O–H groups in total.